The molecule has 0 N–H and O–H groups in total. The fourth-order valence-electron chi connectivity index (χ4n) is 2.57. The molecule has 2 aromatic carbocycles. The van der Waals surface area contributed by atoms with Crippen molar-refractivity contribution in [3.63, 3.8) is 0 Å². The highest BCUT2D eigenvalue weighted by Gasteiger charge is 2.19. The maximum Gasteiger partial charge on any atom is 0.308 e. The Balaban J connectivity index is 2.11. The van der Waals surface area contributed by atoms with Crippen LogP contribution in [0, 0.1) is 0 Å². The van der Waals surface area contributed by atoms with Gasteiger partial charge in [0.1, 0.15) is 0 Å². The largest absolute Gasteiger partial charge is 0.456 e. The average Bonchev–Trinajstić information content (AvgIpc) is 2.57. The topological polar surface area (TPSA) is 56.5 Å². The highest BCUT2D eigenvalue weighted by Crippen LogP contribution is 2.30. The summed E-state index contributed by atoms with van der Waals surface area (Å²) < 4.78 is 11.6. The molecule has 0 bridgehead atoms. The van der Waals surface area contributed by atoms with Gasteiger partial charge in [0.15, 0.2) is 11.3 Å². The minimum atomic E-state index is -0.575. The summed E-state index contributed by atoms with van der Waals surface area (Å²) in [4.78, 5) is 24.2. The zero-order valence-corrected chi connectivity index (χ0v) is 15.7. The van der Waals surface area contributed by atoms with Crippen LogP contribution in [0.1, 0.15) is 18.2 Å². The molecule has 6 heteroatoms. The molecule has 25 heavy (non-hydrogen) atoms. The van der Waals surface area contributed by atoms with E-state index < -0.39 is 11.4 Å². The van der Waals surface area contributed by atoms with Crippen molar-refractivity contribution in [3.8, 4) is 5.75 Å². The van der Waals surface area contributed by atoms with Crippen molar-refractivity contribution in [1.29, 1.82) is 0 Å². The number of fused-ring (bicyclic) bond motifs is 1. The van der Waals surface area contributed by atoms with Crippen LogP contribution in [0.5, 0.6) is 5.75 Å². The number of hydrogen-bond donors (Lipinski definition) is 0. The molecule has 0 aliphatic carbocycles. The Morgan fingerprint density at radius 2 is 1.92 bits per heavy atom. The fraction of sp³-hybridized carbons (Fsp3) is 0.158. The Bertz CT molecular complexity index is 996. The second kappa shape index (κ2) is 7.42. The van der Waals surface area contributed by atoms with Crippen LogP contribution < -0.4 is 10.2 Å². The number of hydrogen-bond acceptors (Lipinski definition) is 4. The first-order valence-corrected chi connectivity index (χ1v) is 8.80. The predicted octanol–water partition coefficient (Wildman–Crippen LogP) is 4.92. The molecule has 1 heterocycles. The van der Waals surface area contributed by atoms with Crippen molar-refractivity contribution in [2.45, 2.75) is 19.8 Å². The van der Waals surface area contributed by atoms with E-state index >= 15 is 0 Å². The summed E-state index contributed by atoms with van der Waals surface area (Å²) >= 11 is 9.38. The van der Waals surface area contributed by atoms with Crippen molar-refractivity contribution in [2.75, 3.05) is 0 Å². The standard InChI is InChI=1S/C19H14BrClO4/c1-11(22)24-19-16(8-7-12-5-3-2-4-6-12)25-18-14(17(19)23)9-13(21)10-15(18)20/h2-6,9-10H,7-8H2,1H3. The highest BCUT2D eigenvalue weighted by atomic mass is 79.9. The van der Waals surface area contributed by atoms with Gasteiger partial charge in [-0.15, -0.1) is 0 Å². The van der Waals surface area contributed by atoms with Crippen LogP contribution in [0.2, 0.25) is 5.02 Å². The summed E-state index contributed by atoms with van der Waals surface area (Å²) in [5, 5.41) is 0.650. The van der Waals surface area contributed by atoms with E-state index in [1.807, 2.05) is 30.3 Å². The molecule has 128 valence electrons. The lowest BCUT2D eigenvalue weighted by Gasteiger charge is -2.10. The van der Waals surface area contributed by atoms with Crippen LogP contribution >= 0.6 is 27.5 Å². The normalized spacial score (nSPS) is 10.8. The van der Waals surface area contributed by atoms with E-state index in [-0.39, 0.29) is 11.1 Å². The monoisotopic (exact) mass is 420 g/mol. The molecule has 4 nitrogen and oxygen atoms in total. The second-order valence-corrected chi connectivity index (χ2v) is 6.82. The van der Waals surface area contributed by atoms with Crippen LogP contribution in [0.4, 0.5) is 0 Å². The van der Waals surface area contributed by atoms with Crippen molar-refractivity contribution in [1.82, 2.24) is 0 Å². The molecule has 0 spiro atoms. The number of aryl methyl sites for hydroxylation is 2. The average molecular weight is 422 g/mol. The van der Waals surface area contributed by atoms with Crippen LogP contribution in [0.25, 0.3) is 11.0 Å². The third-order valence-corrected chi connectivity index (χ3v) is 4.47. The molecule has 3 rings (SSSR count). The molecular formula is C19H14BrClO4. The minimum Gasteiger partial charge on any atom is -0.456 e. The molecule has 0 aliphatic rings. The van der Waals surface area contributed by atoms with Gasteiger partial charge in [0.05, 0.1) is 9.86 Å². The van der Waals surface area contributed by atoms with Gasteiger partial charge < -0.3 is 9.15 Å². The Morgan fingerprint density at radius 1 is 1.20 bits per heavy atom. The Morgan fingerprint density at radius 3 is 2.60 bits per heavy atom. The van der Waals surface area contributed by atoms with Gasteiger partial charge in [0.2, 0.25) is 11.2 Å². The summed E-state index contributed by atoms with van der Waals surface area (Å²) in [6, 6.07) is 12.9. The number of benzene rings is 2. The minimum absolute atomic E-state index is 0.0786. The van der Waals surface area contributed by atoms with Gasteiger partial charge in [-0.2, -0.15) is 0 Å². The van der Waals surface area contributed by atoms with E-state index in [9.17, 15) is 9.59 Å². The summed E-state index contributed by atoms with van der Waals surface area (Å²) in [6.45, 7) is 1.25. The van der Waals surface area contributed by atoms with Crippen molar-refractivity contribution >= 4 is 44.5 Å². The maximum absolute atomic E-state index is 12.8. The van der Waals surface area contributed by atoms with Crippen molar-refractivity contribution in [3.05, 3.63) is 73.5 Å². The molecule has 0 saturated carbocycles. The molecule has 0 saturated heterocycles. The SMILES string of the molecule is CC(=O)Oc1c(CCc2ccccc2)oc2c(Br)cc(Cl)cc2c1=O. The predicted molar refractivity (Wildman–Crippen MR) is 100 cm³/mol. The second-order valence-electron chi connectivity index (χ2n) is 5.53. The van der Waals surface area contributed by atoms with E-state index in [0.29, 0.717) is 33.7 Å². The molecular weight excluding hydrogens is 408 g/mol. The third kappa shape index (κ3) is 3.94. The lowest BCUT2D eigenvalue weighted by Crippen LogP contribution is -2.15. The number of esters is 1. The zero-order valence-electron chi connectivity index (χ0n) is 13.3. The molecule has 0 amide bonds. The number of halogens is 2. The number of ether oxygens (including phenoxy) is 1. The van der Waals surface area contributed by atoms with E-state index in [0.717, 1.165) is 5.56 Å². The number of carbonyl (C=O) groups excluding carboxylic acids is 1. The summed E-state index contributed by atoms with van der Waals surface area (Å²) in [5.41, 5.74) is 1.06. The number of rotatable bonds is 4. The molecule has 0 aliphatic heterocycles. The Kier molecular flexibility index (Phi) is 5.25. The van der Waals surface area contributed by atoms with E-state index in [4.69, 9.17) is 20.8 Å². The van der Waals surface area contributed by atoms with Crippen molar-refractivity contribution < 1.29 is 13.9 Å². The van der Waals surface area contributed by atoms with Gasteiger partial charge in [-0.05, 0) is 40.0 Å². The van der Waals surface area contributed by atoms with Gasteiger partial charge in [-0.3, -0.25) is 9.59 Å². The van der Waals surface area contributed by atoms with Crippen LogP contribution in [0.15, 0.2) is 56.1 Å². The summed E-state index contributed by atoms with van der Waals surface area (Å²) in [5.74, 6) is -0.321. The Hall–Kier alpha value is -2.11. The Labute approximate surface area is 157 Å². The van der Waals surface area contributed by atoms with Gasteiger partial charge >= 0.3 is 5.97 Å². The van der Waals surface area contributed by atoms with Gasteiger partial charge in [0.25, 0.3) is 0 Å². The molecule has 0 atom stereocenters. The first-order valence-electron chi connectivity index (χ1n) is 7.63. The first kappa shape index (κ1) is 17.7. The first-order chi connectivity index (χ1) is 12.0. The van der Waals surface area contributed by atoms with E-state index in [1.165, 1.54) is 13.0 Å². The summed E-state index contributed by atoms with van der Waals surface area (Å²) in [6.07, 6.45) is 1.07. The molecule has 1 aromatic heterocycles. The smallest absolute Gasteiger partial charge is 0.308 e. The van der Waals surface area contributed by atoms with Crippen LogP contribution in [-0.2, 0) is 17.6 Å². The van der Waals surface area contributed by atoms with E-state index in [2.05, 4.69) is 15.9 Å². The lowest BCUT2D eigenvalue weighted by molar-refractivity contribution is -0.132. The van der Waals surface area contributed by atoms with Crippen LogP contribution in [0.3, 0.4) is 0 Å². The van der Waals surface area contributed by atoms with E-state index in [1.54, 1.807) is 6.07 Å². The summed E-state index contributed by atoms with van der Waals surface area (Å²) in [7, 11) is 0. The van der Waals surface area contributed by atoms with Crippen molar-refractivity contribution in [2.24, 2.45) is 0 Å². The molecule has 0 fully saturated rings. The van der Waals surface area contributed by atoms with Gasteiger partial charge in [-0.1, -0.05) is 41.9 Å². The molecule has 0 unspecified atom stereocenters. The van der Waals surface area contributed by atoms with Gasteiger partial charge in [-0.25, -0.2) is 0 Å². The van der Waals surface area contributed by atoms with Gasteiger partial charge in [0, 0.05) is 18.4 Å². The molecule has 3 aromatic rings. The fourth-order valence-corrected chi connectivity index (χ4v) is 3.46. The lowest BCUT2D eigenvalue weighted by atomic mass is 10.1. The molecule has 0 radical (unpaired) electrons. The highest BCUT2D eigenvalue weighted by molar-refractivity contribution is 9.10. The zero-order chi connectivity index (χ0) is 18.0. The third-order valence-electron chi connectivity index (χ3n) is 3.67. The quantitative estimate of drug-likeness (QED) is 0.561. The maximum atomic E-state index is 12.8. The number of carbonyl (C=O) groups is 1. The van der Waals surface area contributed by atoms with Crippen LogP contribution in [-0.4, -0.2) is 5.97 Å².